The molecule has 0 bridgehead atoms. The van der Waals surface area contributed by atoms with E-state index in [0.717, 1.165) is 20.6 Å². The standard InChI is InChI=1S/C42H54N6O10/c49-39(37-13-7-17-47(41(37)51)57-33-35-9-3-1-4-10-35)43-15-19-45-21-25-53-29-31-55-27-23-46(24-28-56-32-30-54-26-22-45)20-16-44-40(50)38-14-8-18-48(42(38)52)58-34-36-11-5-2-6-12-36/h1-14,17-18H,15-16,19-34H2,(H,43,49)(H,44,50). The molecule has 3 heterocycles. The first-order valence-electron chi connectivity index (χ1n) is 19.6. The minimum absolute atomic E-state index is 0.00198. The van der Waals surface area contributed by atoms with Gasteiger partial charge < -0.3 is 39.3 Å². The Balaban J connectivity index is 1.000. The Labute approximate surface area is 338 Å². The third-order valence-electron chi connectivity index (χ3n) is 9.12. The van der Waals surface area contributed by atoms with E-state index >= 15 is 0 Å². The Hall–Kier alpha value is -5.36. The van der Waals surface area contributed by atoms with Crippen LogP contribution in [0.25, 0.3) is 0 Å². The number of rotatable bonds is 14. The van der Waals surface area contributed by atoms with Crippen molar-refractivity contribution in [1.82, 2.24) is 29.9 Å². The summed E-state index contributed by atoms with van der Waals surface area (Å²) in [6.45, 7) is 8.01. The van der Waals surface area contributed by atoms with Crippen LogP contribution in [0.5, 0.6) is 0 Å². The maximum absolute atomic E-state index is 12.9. The lowest BCUT2D eigenvalue weighted by Gasteiger charge is -2.24. The summed E-state index contributed by atoms with van der Waals surface area (Å²) in [6, 6.07) is 25.1. The Kier molecular flexibility index (Phi) is 18.9. The van der Waals surface area contributed by atoms with Gasteiger partial charge in [-0.25, -0.2) is 0 Å². The van der Waals surface area contributed by atoms with Crippen molar-refractivity contribution >= 4 is 11.8 Å². The third-order valence-corrected chi connectivity index (χ3v) is 9.12. The summed E-state index contributed by atoms with van der Waals surface area (Å²) in [5.74, 6) is -0.949. The molecule has 1 fully saturated rings. The van der Waals surface area contributed by atoms with Crippen molar-refractivity contribution in [3.05, 3.63) is 140 Å². The van der Waals surface area contributed by atoms with Crippen LogP contribution in [0.1, 0.15) is 31.8 Å². The first kappa shape index (κ1) is 43.8. The summed E-state index contributed by atoms with van der Waals surface area (Å²) < 4.78 is 25.5. The molecule has 4 aromatic rings. The molecule has 2 aromatic carbocycles. The molecule has 0 spiro atoms. The quantitative estimate of drug-likeness (QED) is 0.187. The summed E-state index contributed by atoms with van der Waals surface area (Å²) in [4.78, 5) is 67.2. The highest BCUT2D eigenvalue weighted by Crippen LogP contribution is 2.01. The summed E-state index contributed by atoms with van der Waals surface area (Å²) >= 11 is 0. The maximum Gasteiger partial charge on any atom is 0.295 e. The Bertz CT molecular complexity index is 1770. The molecule has 0 atom stereocenters. The van der Waals surface area contributed by atoms with Gasteiger partial charge in [-0.1, -0.05) is 60.7 Å². The minimum Gasteiger partial charge on any atom is -0.406 e. The molecular formula is C42H54N6O10. The van der Waals surface area contributed by atoms with E-state index in [-0.39, 0.29) is 24.3 Å². The van der Waals surface area contributed by atoms with Gasteiger partial charge in [0.1, 0.15) is 24.3 Å². The largest absolute Gasteiger partial charge is 0.406 e. The Morgan fingerprint density at radius 3 is 1.22 bits per heavy atom. The molecule has 0 radical (unpaired) electrons. The van der Waals surface area contributed by atoms with Gasteiger partial charge in [0, 0.05) is 64.8 Å². The molecule has 2 amide bonds. The molecular weight excluding hydrogens is 748 g/mol. The van der Waals surface area contributed by atoms with Crippen molar-refractivity contribution in [2.45, 2.75) is 13.2 Å². The highest BCUT2D eigenvalue weighted by molar-refractivity contribution is 5.94. The van der Waals surface area contributed by atoms with Gasteiger partial charge in [-0.05, 0) is 35.4 Å². The van der Waals surface area contributed by atoms with Crippen LogP contribution < -0.4 is 31.4 Å². The van der Waals surface area contributed by atoms with Crippen molar-refractivity contribution < 1.29 is 38.2 Å². The van der Waals surface area contributed by atoms with Crippen LogP contribution in [-0.2, 0) is 32.2 Å². The molecule has 312 valence electrons. The second-order valence-corrected chi connectivity index (χ2v) is 13.3. The molecule has 1 saturated heterocycles. The van der Waals surface area contributed by atoms with Gasteiger partial charge in [0.05, 0.1) is 52.9 Å². The number of hydrogen-bond donors (Lipinski definition) is 2. The van der Waals surface area contributed by atoms with Crippen molar-refractivity contribution in [2.24, 2.45) is 0 Å². The topological polar surface area (TPSA) is 164 Å². The van der Waals surface area contributed by atoms with E-state index < -0.39 is 22.9 Å². The van der Waals surface area contributed by atoms with Crippen molar-refractivity contribution in [2.75, 3.05) is 105 Å². The van der Waals surface area contributed by atoms with E-state index in [2.05, 4.69) is 20.4 Å². The number of benzene rings is 2. The number of aromatic nitrogens is 2. The number of nitrogens with zero attached hydrogens (tertiary/aromatic N) is 4. The molecule has 0 aliphatic carbocycles. The lowest BCUT2D eigenvalue weighted by Crippen LogP contribution is -2.41. The van der Waals surface area contributed by atoms with Crippen LogP contribution in [0.4, 0.5) is 0 Å². The van der Waals surface area contributed by atoms with Gasteiger partial charge in [0.15, 0.2) is 0 Å². The summed E-state index contributed by atoms with van der Waals surface area (Å²) in [7, 11) is 0. The molecule has 5 rings (SSSR count). The first-order valence-corrected chi connectivity index (χ1v) is 19.6. The number of carbonyl (C=O) groups is 2. The van der Waals surface area contributed by atoms with Gasteiger partial charge in [-0.2, -0.15) is 9.46 Å². The number of ether oxygens (including phenoxy) is 4. The third kappa shape index (κ3) is 15.2. The van der Waals surface area contributed by atoms with Crippen LogP contribution >= 0.6 is 0 Å². The monoisotopic (exact) mass is 802 g/mol. The van der Waals surface area contributed by atoms with Crippen LogP contribution in [0, 0.1) is 0 Å². The van der Waals surface area contributed by atoms with E-state index in [1.807, 2.05) is 60.7 Å². The number of pyridine rings is 2. The predicted octanol–water partition coefficient (Wildman–Crippen LogP) is 1.11. The Morgan fingerprint density at radius 1 is 0.500 bits per heavy atom. The van der Waals surface area contributed by atoms with Gasteiger partial charge >= 0.3 is 0 Å². The molecule has 1 aliphatic rings. The van der Waals surface area contributed by atoms with Crippen molar-refractivity contribution in [3.63, 3.8) is 0 Å². The van der Waals surface area contributed by atoms with Crippen molar-refractivity contribution in [1.29, 1.82) is 0 Å². The molecule has 0 unspecified atom stereocenters. The zero-order valence-corrected chi connectivity index (χ0v) is 32.8. The molecule has 2 aromatic heterocycles. The van der Waals surface area contributed by atoms with Crippen LogP contribution in [0.3, 0.4) is 0 Å². The number of nitrogens with one attached hydrogen (secondary N) is 2. The van der Waals surface area contributed by atoms with Crippen LogP contribution in [-0.4, -0.2) is 136 Å². The second-order valence-electron chi connectivity index (χ2n) is 13.3. The zero-order chi connectivity index (χ0) is 40.6. The van der Waals surface area contributed by atoms with E-state index in [1.165, 1.54) is 24.5 Å². The zero-order valence-electron chi connectivity index (χ0n) is 32.8. The number of carbonyl (C=O) groups excluding carboxylic acids is 2. The maximum atomic E-state index is 12.9. The lowest BCUT2D eigenvalue weighted by atomic mass is 10.2. The molecule has 58 heavy (non-hydrogen) atoms. The lowest BCUT2D eigenvalue weighted by molar-refractivity contribution is 0.00839. The average Bonchev–Trinajstić information content (AvgIpc) is 3.24. The summed E-state index contributed by atoms with van der Waals surface area (Å²) in [6.07, 6.45) is 2.98. The highest BCUT2D eigenvalue weighted by atomic mass is 16.7. The normalized spacial score (nSPS) is 15.7. The van der Waals surface area contributed by atoms with Crippen LogP contribution in [0.15, 0.2) is 107 Å². The van der Waals surface area contributed by atoms with Crippen molar-refractivity contribution in [3.8, 4) is 0 Å². The fourth-order valence-corrected chi connectivity index (χ4v) is 5.87. The smallest absolute Gasteiger partial charge is 0.295 e. The second kappa shape index (κ2) is 25.1. The van der Waals surface area contributed by atoms with E-state index in [0.29, 0.717) is 105 Å². The number of hydrogen-bond acceptors (Lipinski definition) is 12. The van der Waals surface area contributed by atoms with Gasteiger partial charge in [0.25, 0.3) is 22.9 Å². The van der Waals surface area contributed by atoms with Crippen LogP contribution in [0.2, 0.25) is 0 Å². The molecule has 1 aliphatic heterocycles. The summed E-state index contributed by atoms with van der Waals surface area (Å²) in [5.41, 5.74) is 0.744. The van der Waals surface area contributed by atoms with E-state index in [9.17, 15) is 19.2 Å². The highest BCUT2D eigenvalue weighted by Gasteiger charge is 2.16. The van der Waals surface area contributed by atoms with E-state index in [1.54, 1.807) is 12.1 Å². The fourth-order valence-electron chi connectivity index (χ4n) is 5.87. The summed E-state index contributed by atoms with van der Waals surface area (Å²) in [5, 5.41) is 5.70. The first-order chi connectivity index (χ1) is 28.5. The molecule has 0 saturated carbocycles. The number of amides is 2. The molecule has 2 N–H and O–H groups in total. The predicted molar refractivity (Wildman–Crippen MR) is 216 cm³/mol. The van der Waals surface area contributed by atoms with Gasteiger partial charge in [-0.3, -0.25) is 29.0 Å². The molecule has 16 heteroatoms. The average molecular weight is 803 g/mol. The van der Waals surface area contributed by atoms with Gasteiger partial charge in [-0.15, -0.1) is 0 Å². The van der Waals surface area contributed by atoms with E-state index in [4.69, 9.17) is 28.6 Å². The molecule has 16 nitrogen and oxygen atoms in total. The minimum atomic E-state index is -0.530. The SMILES string of the molecule is O=C(NCCN1CCOCCOCCN(CCNC(=O)c2cccn(OCc3ccccc3)c2=O)CCOCCOCC1)c1cccn(OCc2ccccc2)c1=O. The Morgan fingerprint density at radius 2 is 0.862 bits per heavy atom. The fraction of sp³-hybridized carbons (Fsp3) is 0.429. The van der Waals surface area contributed by atoms with Gasteiger partial charge in [0.2, 0.25) is 0 Å².